The van der Waals surface area contributed by atoms with Gasteiger partial charge >= 0.3 is 0 Å². The highest BCUT2D eigenvalue weighted by atomic mass is 16.2. The van der Waals surface area contributed by atoms with Crippen molar-refractivity contribution in [3.63, 3.8) is 0 Å². The number of rotatable bonds is 3. The highest BCUT2D eigenvalue weighted by Crippen LogP contribution is 2.22. The lowest BCUT2D eigenvalue weighted by Gasteiger charge is -2.35. The van der Waals surface area contributed by atoms with Gasteiger partial charge in [0, 0.05) is 33.2 Å². The van der Waals surface area contributed by atoms with Crippen molar-refractivity contribution < 1.29 is 4.79 Å². The summed E-state index contributed by atoms with van der Waals surface area (Å²) < 4.78 is 0. The lowest BCUT2D eigenvalue weighted by molar-refractivity contribution is 0.0821. The summed E-state index contributed by atoms with van der Waals surface area (Å²) in [6.07, 6.45) is 2.28. The Kier molecular flexibility index (Phi) is 4.54. The van der Waals surface area contributed by atoms with Crippen LogP contribution >= 0.6 is 0 Å². The molecule has 1 saturated heterocycles. The van der Waals surface area contributed by atoms with Crippen LogP contribution in [-0.4, -0.2) is 54.2 Å². The molecule has 2 N–H and O–H groups in total. The minimum Gasteiger partial charge on any atom is -0.355 e. The van der Waals surface area contributed by atoms with Gasteiger partial charge in [-0.15, -0.1) is 10.2 Å². The smallest absolute Gasteiger partial charge is 0.273 e. The van der Waals surface area contributed by atoms with Gasteiger partial charge in [0.2, 0.25) is 0 Å². The van der Waals surface area contributed by atoms with E-state index in [2.05, 4.69) is 22.0 Å². The fourth-order valence-corrected chi connectivity index (χ4v) is 2.48. The van der Waals surface area contributed by atoms with Crippen LogP contribution in [0.2, 0.25) is 0 Å². The van der Waals surface area contributed by atoms with Crippen molar-refractivity contribution in [3.8, 4) is 0 Å². The fourth-order valence-electron chi connectivity index (χ4n) is 2.48. The average Bonchev–Trinajstić information content (AvgIpc) is 2.46. The Morgan fingerprint density at radius 3 is 2.75 bits per heavy atom. The summed E-state index contributed by atoms with van der Waals surface area (Å²) in [5.74, 6) is 1.19. The third kappa shape index (κ3) is 3.25. The topological polar surface area (TPSA) is 75.3 Å². The lowest BCUT2D eigenvalue weighted by Crippen LogP contribution is -2.42. The van der Waals surface area contributed by atoms with E-state index in [0.29, 0.717) is 11.6 Å². The highest BCUT2D eigenvalue weighted by molar-refractivity contribution is 5.91. The Balaban J connectivity index is 2.08. The second kappa shape index (κ2) is 6.17. The van der Waals surface area contributed by atoms with E-state index in [1.165, 1.54) is 11.3 Å². The molecule has 6 nitrogen and oxygen atoms in total. The van der Waals surface area contributed by atoms with Crippen LogP contribution in [0.1, 0.15) is 30.3 Å². The molecule has 2 heterocycles. The number of hydrogen-bond donors (Lipinski definition) is 1. The first-order valence-electron chi connectivity index (χ1n) is 7.05. The van der Waals surface area contributed by atoms with Crippen LogP contribution < -0.4 is 10.6 Å². The van der Waals surface area contributed by atoms with Gasteiger partial charge in [-0.05, 0) is 37.8 Å². The van der Waals surface area contributed by atoms with Gasteiger partial charge in [0.15, 0.2) is 11.5 Å². The molecule has 20 heavy (non-hydrogen) atoms. The van der Waals surface area contributed by atoms with Gasteiger partial charge in [0.1, 0.15) is 0 Å². The summed E-state index contributed by atoms with van der Waals surface area (Å²) in [6, 6.07) is 3.80. The molecular weight excluding hydrogens is 254 g/mol. The minimum atomic E-state index is -0.129. The van der Waals surface area contributed by atoms with Crippen molar-refractivity contribution in [1.29, 1.82) is 0 Å². The summed E-state index contributed by atoms with van der Waals surface area (Å²) >= 11 is 0. The average molecular weight is 277 g/mol. The van der Waals surface area contributed by atoms with Crippen LogP contribution in [-0.2, 0) is 0 Å². The highest BCUT2D eigenvalue weighted by Gasteiger charge is 2.24. The molecule has 0 spiro atoms. The summed E-state index contributed by atoms with van der Waals surface area (Å²) in [5, 5.41) is 8.22. The fraction of sp³-hybridized carbons (Fsp3) is 0.643. The molecular formula is C14H23N5O. The van der Waals surface area contributed by atoms with Gasteiger partial charge < -0.3 is 15.5 Å². The van der Waals surface area contributed by atoms with Crippen LogP contribution in [0.5, 0.6) is 0 Å². The molecule has 1 aliphatic heterocycles. The third-order valence-corrected chi connectivity index (χ3v) is 3.80. The zero-order chi connectivity index (χ0) is 14.7. The molecule has 1 fully saturated rings. The van der Waals surface area contributed by atoms with E-state index in [1.54, 1.807) is 20.2 Å². The molecule has 2 unspecified atom stereocenters. The maximum Gasteiger partial charge on any atom is 0.273 e. The predicted molar refractivity (Wildman–Crippen MR) is 78.6 cm³/mol. The normalized spacial score (nSPS) is 20.6. The molecule has 1 aromatic heterocycles. The Bertz CT molecular complexity index is 457. The monoisotopic (exact) mass is 277 g/mol. The summed E-state index contributed by atoms with van der Waals surface area (Å²) in [6.45, 7) is 3.94. The van der Waals surface area contributed by atoms with E-state index in [0.717, 1.165) is 25.3 Å². The quantitative estimate of drug-likeness (QED) is 0.882. The zero-order valence-corrected chi connectivity index (χ0v) is 12.4. The number of carbonyl (C=O) groups is 1. The molecule has 110 valence electrons. The van der Waals surface area contributed by atoms with E-state index in [4.69, 9.17) is 5.73 Å². The lowest BCUT2D eigenvalue weighted by atomic mass is 9.92. The molecule has 0 bridgehead atoms. The molecule has 2 rings (SSSR count). The van der Waals surface area contributed by atoms with Crippen molar-refractivity contribution >= 4 is 11.7 Å². The molecule has 0 aliphatic carbocycles. The number of carbonyl (C=O) groups excluding carboxylic acids is 1. The Hall–Kier alpha value is -1.69. The summed E-state index contributed by atoms with van der Waals surface area (Å²) in [5.41, 5.74) is 6.37. The molecule has 6 heteroatoms. The molecule has 1 aromatic rings. The Labute approximate surface area is 120 Å². The van der Waals surface area contributed by atoms with Crippen LogP contribution in [0.25, 0.3) is 0 Å². The number of piperidine rings is 1. The Morgan fingerprint density at radius 1 is 1.45 bits per heavy atom. The van der Waals surface area contributed by atoms with Gasteiger partial charge in [-0.1, -0.05) is 0 Å². The molecule has 1 aliphatic rings. The molecule has 0 radical (unpaired) electrons. The second-order valence-electron chi connectivity index (χ2n) is 5.68. The number of nitrogens with two attached hydrogens (primary N) is 1. The van der Waals surface area contributed by atoms with Crippen molar-refractivity contribution in [2.45, 2.75) is 25.8 Å². The van der Waals surface area contributed by atoms with Gasteiger partial charge in [-0.2, -0.15) is 0 Å². The summed E-state index contributed by atoms with van der Waals surface area (Å²) in [4.78, 5) is 15.5. The molecule has 2 atom stereocenters. The van der Waals surface area contributed by atoms with Gasteiger partial charge in [0.25, 0.3) is 5.91 Å². The summed E-state index contributed by atoms with van der Waals surface area (Å²) in [7, 11) is 3.41. The van der Waals surface area contributed by atoms with E-state index in [9.17, 15) is 4.79 Å². The second-order valence-corrected chi connectivity index (χ2v) is 5.68. The van der Waals surface area contributed by atoms with Crippen molar-refractivity contribution in [1.82, 2.24) is 15.1 Å². The first kappa shape index (κ1) is 14.7. The van der Waals surface area contributed by atoms with E-state index < -0.39 is 0 Å². The number of aromatic nitrogens is 2. The minimum absolute atomic E-state index is 0.129. The third-order valence-electron chi connectivity index (χ3n) is 3.80. The molecule has 0 saturated carbocycles. The first-order chi connectivity index (χ1) is 9.49. The van der Waals surface area contributed by atoms with E-state index in [-0.39, 0.29) is 11.9 Å². The van der Waals surface area contributed by atoms with Gasteiger partial charge in [-0.25, -0.2) is 0 Å². The number of nitrogens with zero attached hydrogens (tertiary/aromatic N) is 4. The van der Waals surface area contributed by atoms with Crippen LogP contribution in [0, 0.1) is 5.92 Å². The van der Waals surface area contributed by atoms with Crippen LogP contribution in [0.3, 0.4) is 0 Å². The van der Waals surface area contributed by atoms with Crippen molar-refractivity contribution in [2.75, 3.05) is 32.1 Å². The molecule has 0 aromatic carbocycles. The maximum absolute atomic E-state index is 11.8. The number of hydrogen-bond acceptors (Lipinski definition) is 5. The Morgan fingerprint density at radius 2 is 2.20 bits per heavy atom. The number of anilines is 1. The number of amides is 1. The maximum atomic E-state index is 11.8. The van der Waals surface area contributed by atoms with Crippen LogP contribution in [0.15, 0.2) is 12.1 Å². The SMILES string of the molecule is CC(N)C1CCCN(c2ccc(C(=O)N(C)C)nn2)C1. The van der Waals surface area contributed by atoms with E-state index >= 15 is 0 Å². The largest absolute Gasteiger partial charge is 0.355 e. The standard InChI is InChI=1S/C14H23N5O/c1-10(15)11-5-4-8-19(9-11)13-7-6-12(16-17-13)14(20)18(2)3/h6-7,10-11H,4-5,8-9,15H2,1-3H3. The van der Waals surface area contributed by atoms with Crippen LogP contribution in [0.4, 0.5) is 5.82 Å². The zero-order valence-electron chi connectivity index (χ0n) is 12.4. The first-order valence-corrected chi connectivity index (χ1v) is 7.05. The predicted octanol–water partition coefficient (Wildman–Crippen LogP) is 0.742. The van der Waals surface area contributed by atoms with Crippen molar-refractivity contribution in [3.05, 3.63) is 17.8 Å². The molecule has 1 amide bonds. The van der Waals surface area contributed by atoms with Gasteiger partial charge in [0.05, 0.1) is 0 Å². The van der Waals surface area contributed by atoms with Crippen molar-refractivity contribution in [2.24, 2.45) is 11.7 Å². The van der Waals surface area contributed by atoms with E-state index in [1.807, 2.05) is 6.07 Å². The van der Waals surface area contributed by atoms with Gasteiger partial charge in [-0.3, -0.25) is 4.79 Å².